The van der Waals surface area contributed by atoms with Crippen LogP contribution in [0.4, 0.5) is 5.69 Å². The van der Waals surface area contributed by atoms with Crippen molar-refractivity contribution < 1.29 is 9.90 Å². The SMILES string of the molecule is N[C@@H](CCCCNc1ccc(Br)cc1)C(=O)O. The fraction of sp³-hybridized carbons (Fsp3) is 0.417. The molecular formula is C12H17BrN2O2. The third-order valence-corrected chi connectivity index (χ3v) is 2.96. The van der Waals surface area contributed by atoms with Gasteiger partial charge < -0.3 is 16.2 Å². The number of benzene rings is 1. The summed E-state index contributed by atoms with van der Waals surface area (Å²) in [4.78, 5) is 10.5. The van der Waals surface area contributed by atoms with Gasteiger partial charge in [0.05, 0.1) is 0 Å². The molecule has 5 heteroatoms. The van der Waals surface area contributed by atoms with E-state index in [-0.39, 0.29) is 0 Å². The molecule has 0 radical (unpaired) electrons. The van der Waals surface area contributed by atoms with Crippen molar-refractivity contribution in [3.05, 3.63) is 28.7 Å². The zero-order valence-corrected chi connectivity index (χ0v) is 11.1. The largest absolute Gasteiger partial charge is 0.480 e. The Morgan fingerprint density at radius 1 is 1.35 bits per heavy atom. The monoisotopic (exact) mass is 300 g/mol. The second-order valence-electron chi connectivity index (χ2n) is 3.87. The number of carboxylic acid groups (broad SMARTS) is 1. The number of unbranched alkanes of at least 4 members (excludes halogenated alkanes) is 1. The van der Waals surface area contributed by atoms with E-state index in [4.69, 9.17) is 10.8 Å². The minimum atomic E-state index is -0.925. The summed E-state index contributed by atoms with van der Waals surface area (Å²) in [5.74, 6) is -0.925. The molecule has 0 aliphatic rings. The summed E-state index contributed by atoms with van der Waals surface area (Å²) in [5.41, 5.74) is 6.47. The molecule has 0 unspecified atom stereocenters. The van der Waals surface area contributed by atoms with Crippen molar-refractivity contribution in [1.82, 2.24) is 0 Å². The first-order chi connectivity index (χ1) is 8.09. The molecule has 4 N–H and O–H groups in total. The lowest BCUT2D eigenvalue weighted by molar-refractivity contribution is -0.138. The molecule has 0 spiro atoms. The van der Waals surface area contributed by atoms with Gasteiger partial charge in [0.2, 0.25) is 0 Å². The van der Waals surface area contributed by atoms with Gasteiger partial charge in [-0.05, 0) is 43.5 Å². The van der Waals surface area contributed by atoms with Crippen LogP contribution in [0.1, 0.15) is 19.3 Å². The van der Waals surface area contributed by atoms with Crippen LogP contribution < -0.4 is 11.1 Å². The molecule has 0 bridgehead atoms. The lowest BCUT2D eigenvalue weighted by Gasteiger charge is -2.08. The van der Waals surface area contributed by atoms with Crippen LogP contribution >= 0.6 is 15.9 Å². The second kappa shape index (κ2) is 7.29. The number of anilines is 1. The molecule has 1 rings (SSSR count). The number of nitrogens with one attached hydrogen (secondary N) is 1. The third kappa shape index (κ3) is 5.70. The van der Waals surface area contributed by atoms with Gasteiger partial charge in [0.15, 0.2) is 0 Å². The van der Waals surface area contributed by atoms with Crippen molar-refractivity contribution in [2.45, 2.75) is 25.3 Å². The third-order valence-electron chi connectivity index (χ3n) is 2.43. The minimum absolute atomic E-state index is 0.525. The quantitative estimate of drug-likeness (QED) is 0.676. The van der Waals surface area contributed by atoms with Gasteiger partial charge >= 0.3 is 5.97 Å². The van der Waals surface area contributed by atoms with Gasteiger partial charge in [-0.1, -0.05) is 15.9 Å². The minimum Gasteiger partial charge on any atom is -0.480 e. The fourth-order valence-corrected chi connectivity index (χ4v) is 1.68. The summed E-state index contributed by atoms with van der Waals surface area (Å²) in [6.45, 7) is 0.827. The normalized spacial score (nSPS) is 12.1. The van der Waals surface area contributed by atoms with Crippen LogP contribution in [-0.2, 0) is 4.79 Å². The highest BCUT2D eigenvalue weighted by Gasteiger charge is 2.09. The van der Waals surface area contributed by atoms with Crippen molar-refractivity contribution in [2.75, 3.05) is 11.9 Å². The first-order valence-electron chi connectivity index (χ1n) is 5.57. The van der Waals surface area contributed by atoms with E-state index in [1.165, 1.54) is 0 Å². The van der Waals surface area contributed by atoms with Crippen molar-refractivity contribution in [3.8, 4) is 0 Å². The van der Waals surface area contributed by atoms with Crippen LogP contribution in [0.15, 0.2) is 28.7 Å². The summed E-state index contributed by atoms with van der Waals surface area (Å²) in [7, 11) is 0. The van der Waals surface area contributed by atoms with Crippen molar-refractivity contribution in [2.24, 2.45) is 5.73 Å². The molecule has 1 aromatic rings. The highest BCUT2D eigenvalue weighted by Crippen LogP contribution is 2.14. The molecule has 94 valence electrons. The maximum atomic E-state index is 10.5. The van der Waals surface area contributed by atoms with Crippen LogP contribution in [-0.4, -0.2) is 23.7 Å². The number of aliphatic carboxylic acids is 1. The molecular weight excluding hydrogens is 284 g/mol. The van der Waals surface area contributed by atoms with Gasteiger partial charge in [0.1, 0.15) is 6.04 Å². The molecule has 0 aliphatic heterocycles. The maximum Gasteiger partial charge on any atom is 0.320 e. The Morgan fingerprint density at radius 3 is 2.59 bits per heavy atom. The van der Waals surface area contributed by atoms with E-state index in [0.29, 0.717) is 6.42 Å². The highest BCUT2D eigenvalue weighted by molar-refractivity contribution is 9.10. The van der Waals surface area contributed by atoms with Gasteiger partial charge in [0, 0.05) is 16.7 Å². The van der Waals surface area contributed by atoms with Gasteiger partial charge in [0.25, 0.3) is 0 Å². The molecule has 0 amide bonds. The van der Waals surface area contributed by atoms with E-state index in [2.05, 4.69) is 21.2 Å². The second-order valence-corrected chi connectivity index (χ2v) is 4.79. The molecule has 0 saturated carbocycles. The number of hydrogen-bond donors (Lipinski definition) is 3. The summed E-state index contributed by atoms with van der Waals surface area (Å²) in [6, 6.07) is 7.20. The van der Waals surface area contributed by atoms with Gasteiger partial charge in [-0.2, -0.15) is 0 Å². The van der Waals surface area contributed by atoms with Crippen LogP contribution in [0.5, 0.6) is 0 Å². The average Bonchev–Trinajstić information content (AvgIpc) is 2.30. The zero-order chi connectivity index (χ0) is 12.7. The Balaban J connectivity index is 2.12. The first-order valence-corrected chi connectivity index (χ1v) is 6.36. The number of carboxylic acids is 1. The number of nitrogens with two attached hydrogens (primary N) is 1. The Bertz CT molecular complexity index is 354. The molecule has 1 atom stereocenters. The molecule has 0 aliphatic carbocycles. The van der Waals surface area contributed by atoms with E-state index < -0.39 is 12.0 Å². The number of hydrogen-bond acceptors (Lipinski definition) is 3. The van der Waals surface area contributed by atoms with Crippen molar-refractivity contribution >= 4 is 27.6 Å². The number of carbonyl (C=O) groups is 1. The standard InChI is InChI=1S/C12H17BrN2O2/c13-9-4-6-10(7-5-9)15-8-2-1-3-11(14)12(16)17/h4-7,11,15H,1-3,8,14H2,(H,16,17)/t11-/m0/s1. The maximum absolute atomic E-state index is 10.5. The molecule has 17 heavy (non-hydrogen) atoms. The Kier molecular flexibility index (Phi) is 6.00. The molecule has 0 fully saturated rings. The average molecular weight is 301 g/mol. The van der Waals surface area contributed by atoms with E-state index in [0.717, 1.165) is 29.5 Å². The molecule has 0 heterocycles. The summed E-state index contributed by atoms with van der Waals surface area (Å²) in [6.07, 6.45) is 2.26. The van der Waals surface area contributed by atoms with Gasteiger partial charge in [-0.3, -0.25) is 4.79 Å². The topological polar surface area (TPSA) is 75.3 Å². The van der Waals surface area contributed by atoms with E-state index in [1.54, 1.807) is 0 Å². The van der Waals surface area contributed by atoms with Gasteiger partial charge in [-0.25, -0.2) is 0 Å². The molecule has 1 aromatic carbocycles. The van der Waals surface area contributed by atoms with Crippen molar-refractivity contribution in [1.29, 1.82) is 0 Å². The molecule has 4 nitrogen and oxygen atoms in total. The lowest BCUT2D eigenvalue weighted by Crippen LogP contribution is -2.29. The van der Waals surface area contributed by atoms with Crippen molar-refractivity contribution in [3.63, 3.8) is 0 Å². The van der Waals surface area contributed by atoms with E-state index in [9.17, 15) is 4.79 Å². The predicted molar refractivity (Wildman–Crippen MR) is 72.1 cm³/mol. The predicted octanol–water partition coefficient (Wildman–Crippen LogP) is 2.44. The van der Waals surface area contributed by atoms with E-state index >= 15 is 0 Å². The van der Waals surface area contributed by atoms with Crippen LogP contribution in [0.25, 0.3) is 0 Å². The summed E-state index contributed by atoms with van der Waals surface area (Å²) < 4.78 is 1.05. The fourth-order valence-electron chi connectivity index (χ4n) is 1.41. The van der Waals surface area contributed by atoms with Crippen LogP contribution in [0.3, 0.4) is 0 Å². The zero-order valence-electron chi connectivity index (χ0n) is 9.53. The van der Waals surface area contributed by atoms with Crippen LogP contribution in [0.2, 0.25) is 0 Å². The number of rotatable bonds is 7. The van der Waals surface area contributed by atoms with E-state index in [1.807, 2.05) is 24.3 Å². The summed E-state index contributed by atoms with van der Waals surface area (Å²) in [5, 5.41) is 11.9. The smallest absolute Gasteiger partial charge is 0.320 e. The first kappa shape index (κ1) is 14.0. The summed E-state index contributed by atoms with van der Waals surface area (Å²) >= 11 is 3.37. The molecule has 0 saturated heterocycles. The highest BCUT2D eigenvalue weighted by atomic mass is 79.9. The van der Waals surface area contributed by atoms with Gasteiger partial charge in [-0.15, -0.1) is 0 Å². The Morgan fingerprint density at radius 2 is 2.00 bits per heavy atom. The Hall–Kier alpha value is -1.07. The number of halogens is 1. The lowest BCUT2D eigenvalue weighted by atomic mass is 10.1. The Labute approximate surface area is 109 Å². The van der Waals surface area contributed by atoms with Crippen LogP contribution in [0, 0.1) is 0 Å². The molecule has 0 aromatic heterocycles.